The Hall–Kier alpha value is -3.26. The molecule has 3 amide bonds. The van der Waals surface area contributed by atoms with Crippen LogP contribution in [0.1, 0.15) is 36.8 Å². The van der Waals surface area contributed by atoms with E-state index in [1.807, 2.05) is 41.3 Å². The number of benzene rings is 2. The minimum Gasteiger partial charge on any atom is -0.486 e. The Morgan fingerprint density at radius 3 is 2.31 bits per heavy atom. The van der Waals surface area contributed by atoms with Gasteiger partial charge in [-0.1, -0.05) is 49.2 Å². The highest BCUT2D eigenvalue weighted by Crippen LogP contribution is 2.33. The normalized spacial score (nSPS) is 19.3. The summed E-state index contributed by atoms with van der Waals surface area (Å²) in [6, 6.07) is 15.6. The van der Waals surface area contributed by atoms with Gasteiger partial charge < -0.3 is 25.0 Å². The summed E-state index contributed by atoms with van der Waals surface area (Å²) in [5.41, 5.74) is 1.42. The number of nitrogens with one attached hydrogen (secondary N) is 2. The first kappa shape index (κ1) is 23.5. The molecule has 8 heteroatoms. The molecule has 2 aromatic carbocycles. The SMILES string of the molecule is O=C(NCc1ccccc1)NC1(C(=O)N2CCN(Cc3ccc4c(c3)OCCO4)CC2)CCCC1. The lowest BCUT2D eigenvalue weighted by Gasteiger charge is -2.40. The first-order valence-electron chi connectivity index (χ1n) is 12.6. The molecular weight excluding hydrogens is 444 g/mol. The fraction of sp³-hybridized carbons (Fsp3) is 0.481. The van der Waals surface area contributed by atoms with Gasteiger partial charge in [0.25, 0.3) is 0 Å². The van der Waals surface area contributed by atoms with Gasteiger partial charge in [-0.3, -0.25) is 9.69 Å². The van der Waals surface area contributed by atoms with Crippen LogP contribution in [0.4, 0.5) is 4.79 Å². The number of nitrogens with zero attached hydrogens (tertiary/aromatic N) is 2. The summed E-state index contributed by atoms with van der Waals surface area (Å²) in [4.78, 5) is 30.6. The summed E-state index contributed by atoms with van der Waals surface area (Å²) >= 11 is 0. The zero-order valence-corrected chi connectivity index (χ0v) is 20.1. The second-order valence-corrected chi connectivity index (χ2v) is 9.63. The van der Waals surface area contributed by atoms with Crippen LogP contribution >= 0.6 is 0 Å². The first-order valence-corrected chi connectivity index (χ1v) is 12.6. The summed E-state index contributed by atoms with van der Waals surface area (Å²) in [5.74, 6) is 1.67. The fourth-order valence-corrected chi connectivity index (χ4v) is 5.27. The van der Waals surface area contributed by atoms with Crippen molar-refractivity contribution in [1.82, 2.24) is 20.4 Å². The molecule has 0 aromatic heterocycles. The molecule has 186 valence electrons. The third kappa shape index (κ3) is 5.53. The average molecular weight is 479 g/mol. The number of hydrogen-bond acceptors (Lipinski definition) is 5. The fourth-order valence-electron chi connectivity index (χ4n) is 5.27. The van der Waals surface area contributed by atoms with E-state index in [1.165, 1.54) is 5.56 Å². The number of piperazine rings is 1. The second-order valence-electron chi connectivity index (χ2n) is 9.63. The molecule has 0 unspecified atom stereocenters. The smallest absolute Gasteiger partial charge is 0.315 e. The summed E-state index contributed by atoms with van der Waals surface area (Å²) in [5, 5.41) is 5.98. The van der Waals surface area contributed by atoms with Crippen LogP contribution in [0, 0.1) is 0 Å². The Morgan fingerprint density at radius 2 is 1.57 bits per heavy atom. The molecule has 0 bridgehead atoms. The molecule has 0 spiro atoms. The highest BCUT2D eigenvalue weighted by atomic mass is 16.6. The number of ether oxygens (including phenoxy) is 2. The lowest BCUT2D eigenvalue weighted by atomic mass is 9.95. The van der Waals surface area contributed by atoms with Crippen molar-refractivity contribution in [3.05, 3.63) is 59.7 Å². The van der Waals surface area contributed by atoms with E-state index >= 15 is 0 Å². The molecule has 1 aliphatic carbocycles. The number of fused-ring (bicyclic) bond motifs is 1. The van der Waals surface area contributed by atoms with Crippen LogP contribution in [0.15, 0.2) is 48.5 Å². The second kappa shape index (κ2) is 10.6. The van der Waals surface area contributed by atoms with Gasteiger partial charge in [0.15, 0.2) is 11.5 Å². The third-order valence-electron chi connectivity index (χ3n) is 7.19. The topological polar surface area (TPSA) is 83.1 Å². The van der Waals surface area contributed by atoms with Gasteiger partial charge in [-0.05, 0) is 36.1 Å². The van der Waals surface area contributed by atoms with E-state index in [0.717, 1.165) is 49.5 Å². The Labute approximate surface area is 206 Å². The molecule has 2 N–H and O–H groups in total. The predicted molar refractivity (Wildman–Crippen MR) is 132 cm³/mol. The average Bonchev–Trinajstić information content (AvgIpc) is 3.37. The molecule has 2 fully saturated rings. The highest BCUT2D eigenvalue weighted by molar-refractivity contribution is 5.91. The molecule has 1 saturated carbocycles. The van der Waals surface area contributed by atoms with Crippen molar-refractivity contribution < 1.29 is 19.1 Å². The van der Waals surface area contributed by atoms with Crippen LogP contribution in [0.3, 0.4) is 0 Å². The third-order valence-corrected chi connectivity index (χ3v) is 7.19. The van der Waals surface area contributed by atoms with Crippen molar-refractivity contribution in [2.45, 2.75) is 44.3 Å². The zero-order chi connectivity index (χ0) is 24.1. The van der Waals surface area contributed by atoms with E-state index in [9.17, 15) is 9.59 Å². The van der Waals surface area contributed by atoms with Gasteiger partial charge in [0, 0.05) is 39.3 Å². The van der Waals surface area contributed by atoms with Gasteiger partial charge in [0.05, 0.1) is 0 Å². The number of carbonyl (C=O) groups is 2. The summed E-state index contributed by atoms with van der Waals surface area (Å²) < 4.78 is 11.3. The lowest BCUT2D eigenvalue weighted by Crippen LogP contribution is -2.62. The summed E-state index contributed by atoms with van der Waals surface area (Å²) in [6.45, 7) is 5.36. The molecule has 1 saturated heterocycles. The maximum atomic E-state index is 13.6. The number of urea groups is 1. The number of rotatable bonds is 6. The standard InChI is InChI=1S/C27H34N4O4/c32-25(27(10-4-5-11-27)29-26(33)28-19-21-6-2-1-3-7-21)31-14-12-30(13-15-31)20-22-8-9-23-24(18-22)35-17-16-34-23/h1-3,6-9,18H,4-5,10-17,19-20H2,(H2,28,29,33). The molecule has 8 nitrogen and oxygen atoms in total. The summed E-state index contributed by atoms with van der Waals surface area (Å²) in [6.07, 6.45) is 3.30. The van der Waals surface area contributed by atoms with Gasteiger partial charge in [-0.15, -0.1) is 0 Å². The van der Waals surface area contributed by atoms with Crippen LogP contribution in [0.25, 0.3) is 0 Å². The molecule has 0 radical (unpaired) electrons. The number of amides is 3. The van der Waals surface area contributed by atoms with Crippen LogP contribution in [-0.4, -0.2) is 66.7 Å². The molecule has 0 atom stereocenters. The molecule has 2 aliphatic heterocycles. The molecule has 35 heavy (non-hydrogen) atoms. The van der Waals surface area contributed by atoms with Crippen LogP contribution in [-0.2, 0) is 17.9 Å². The molecule has 3 aliphatic rings. The minimum absolute atomic E-state index is 0.0591. The predicted octanol–water partition coefficient (Wildman–Crippen LogP) is 2.91. The van der Waals surface area contributed by atoms with Crippen molar-refractivity contribution in [3.63, 3.8) is 0 Å². The monoisotopic (exact) mass is 478 g/mol. The molecular formula is C27H34N4O4. The van der Waals surface area contributed by atoms with E-state index in [2.05, 4.69) is 27.7 Å². The first-order chi connectivity index (χ1) is 17.1. The van der Waals surface area contributed by atoms with Gasteiger partial charge in [-0.2, -0.15) is 0 Å². The van der Waals surface area contributed by atoms with Gasteiger partial charge in [0.2, 0.25) is 5.91 Å². The van der Waals surface area contributed by atoms with Crippen LogP contribution in [0.2, 0.25) is 0 Å². The van der Waals surface area contributed by atoms with Crippen LogP contribution < -0.4 is 20.1 Å². The lowest BCUT2D eigenvalue weighted by molar-refractivity contribution is -0.139. The van der Waals surface area contributed by atoms with Gasteiger partial charge in [0.1, 0.15) is 18.8 Å². The number of carbonyl (C=O) groups excluding carboxylic acids is 2. The maximum absolute atomic E-state index is 13.6. The van der Waals surface area contributed by atoms with E-state index in [4.69, 9.17) is 9.47 Å². The Kier molecular flexibility index (Phi) is 7.08. The molecule has 2 heterocycles. The zero-order valence-electron chi connectivity index (χ0n) is 20.1. The van der Waals surface area contributed by atoms with Crippen molar-refractivity contribution in [2.75, 3.05) is 39.4 Å². The quantitative estimate of drug-likeness (QED) is 0.667. The van der Waals surface area contributed by atoms with Gasteiger partial charge in [-0.25, -0.2) is 4.79 Å². The van der Waals surface area contributed by atoms with E-state index < -0.39 is 5.54 Å². The molecule has 5 rings (SSSR count). The largest absolute Gasteiger partial charge is 0.486 e. The van der Waals surface area contributed by atoms with Crippen molar-refractivity contribution in [2.24, 2.45) is 0 Å². The number of hydrogen-bond donors (Lipinski definition) is 2. The summed E-state index contributed by atoms with van der Waals surface area (Å²) in [7, 11) is 0. The van der Waals surface area contributed by atoms with Gasteiger partial charge >= 0.3 is 6.03 Å². The van der Waals surface area contributed by atoms with Crippen molar-refractivity contribution in [3.8, 4) is 11.5 Å². The van der Waals surface area contributed by atoms with Crippen molar-refractivity contribution in [1.29, 1.82) is 0 Å². The van der Waals surface area contributed by atoms with E-state index in [-0.39, 0.29) is 11.9 Å². The Bertz CT molecular complexity index is 1030. The Balaban J connectivity index is 1.14. The van der Waals surface area contributed by atoms with Crippen molar-refractivity contribution >= 4 is 11.9 Å². The highest BCUT2D eigenvalue weighted by Gasteiger charge is 2.45. The van der Waals surface area contributed by atoms with E-state index in [0.29, 0.717) is 45.7 Å². The minimum atomic E-state index is -0.793. The maximum Gasteiger partial charge on any atom is 0.315 e. The molecule has 2 aromatic rings. The Morgan fingerprint density at radius 1 is 0.857 bits per heavy atom. The van der Waals surface area contributed by atoms with Crippen LogP contribution in [0.5, 0.6) is 11.5 Å². The van der Waals surface area contributed by atoms with E-state index in [1.54, 1.807) is 0 Å².